The van der Waals surface area contributed by atoms with Crippen molar-refractivity contribution in [2.75, 3.05) is 37.6 Å². The summed E-state index contributed by atoms with van der Waals surface area (Å²) in [6.07, 6.45) is 4.41. The lowest BCUT2D eigenvalue weighted by atomic mass is 10.2. The molecule has 0 aliphatic carbocycles. The van der Waals surface area contributed by atoms with Gasteiger partial charge in [0, 0.05) is 32.7 Å². The van der Waals surface area contributed by atoms with Gasteiger partial charge in [-0.25, -0.2) is 0 Å². The highest BCUT2D eigenvalue weighted by Gasteiger charge is 2.17. The number of hydrogen-bond acceptors (Lipinski definition) is 4. The second-order valence-corrected chi connectivity index (χ2v) is 5.70. The summed E-state index contributed by atoms with van der Waals surface area (Å²) >= 11 is 5.77. The number of nitrogens with zero attached hydrogens (tertiary/aromatic N) is 4. The fourth-order valence-corrected chi connectivity index (χ4v) is 2.64. The van der Waals surface area contributed by atoms with E-state index in [0.29, 0.717) is 5.15 Å². The van der Waals surface area contributed by atoms with Crippen LogP contribution in [0.1, 0.15) is 5.56 Å². The molecule has 2 heterocycles. The van der Waals surface area contributed by atoms with Crippen molar-refractivity contribution in [3.8, 4) is 0 Å². The van der Waals surface area contributed by atoms with E-state index in [2.05, 4.69) is 56.4 Å². The maximum Gasteiger partial charge on any atom is 0.151 e. The maximum absolute atomic E-state index is 5.77. The topological polar surface area (TPSA) is 32.3 Å². The third-order valence-corrected chi connectivity index (χ3v) is 3.99. The van der Waals surface area contributed by atoms with Crippen LogP contribution in [-0.4, -0.2) is 47.8 Å². The van der Waals surface area contributed by atoms with E-state index in [1.54, 1.807) is 6.07 Å². The van der Waals surface area contributed by atoms with E-state index >= 15 is 0 Å². The van der Waals surface area contributed by atoms with Gasteiger partial charge in [0.25, 0.3) is 0 Å². The van der Waals surface area contributed by atoms with Crippen LogP contribution in [0.3, 0.4) is 0 Å². The number of anilines is 1. The lowest BCUT2D eigenvalue weighted by Gasteiger charge is -2.34. The fraction of sp³-hybridized carbons (Fsp3) is 0.294. The summed E-state index contributed by atoms with van der Waals surface area (Å²) in [7, 11) is 0. The van der Waals surface area contributed by atoms with Gasteiger partial charge in [-0.2, -0.15) is 0 Å². The SMILES string of the molecule is Cl.Cl.Clc1ccc(N2CCN(CC=Cc3ccccc3)CC2)nn1. The Morgan fingerprint density at radius 1 is 0.917 bits per heavy atom. The predicted molar refractivity (Wildman–Crippen MR) is 106 cm³/mol. The summed E-state index contributed by atoms with van der Waals surface area (Å²) in [5, 5.41) is 8.48. The third kappa shape index (κ3) is 5.95. The molecule has 0 saturated carbocycles. The summed E-state index contributed by atoms with van der Waals surface area (Å²) < 4.78 is 0. The largest absolute Gasteiger partial charge is 0.353 e. The molecule has 1 aliphatic rings. The first-order valence-electron chi connectivity index (χ1n) is 7.49. The second-order valence-electron chi connectivity index (χ2n) is 5.31. The Morgan fingerprint density at radius 2 is 1.62 bits per heavy atom. The lowest BCUT2D eigenvalue weighted by molar-refractivity contribution is 0.283. The molecule has 24 heavy (non-hydrogen) atoms. The first kappa shape index (κ1) is 20.7. The zero-order valence-electron chi connectivity index (χ0n) is 13.2. The first-order valence-corrected chi connectivity index (χ1v) is 7.87. The van der Waals surface area contributed by atoms with Gasteiger partial charge in [-0.15, -0.1) is 35.0 Å². The minimum absolute atomic E-state index is 0. The molecule has 0 N–H and O–H groups in total. The molecule has 0 amide bonds. The molecule has 2 aromatic rings. The highest BCUT2D eigenvalue weighted by atomic mass is 35.5. The molecule has 7 heteroatoms. The average molecular weight is 388 g/mol. The first-order chi connectivity index (χ1) is 10.8. The summed E-state index contributed by atoms with van der Waals surface area (Å²) in [5.41, 5.74) is 1.25. The Labute approximate surface area is 160 Å². The molecule has 130 valence electrons. The van der Waals surface area contributed by atoms with Gasteiger partial charge in [0.2, 0.25) is 0 Å². The molecule has 1 fully saturated rings. The molecule has 1 saturated heterocycles. The van der Waals surface area contributed by atoms with E-state index in [1.807, 2.05) is 12.1 Å². The van der Waals surface area contributed by atoms with Crippen molar-refractivity contribution in [1.29, 1.82) is 0 Å². The monoisotopic (exact) mass is 386 g/mol. The number of piperazine rings is 1. The van der Waals surface area contributed by atoms with Crippen molar-refractivity contribution in [1.82, 2.24) is 15.1 Å². The van der Waals surface area contributed by atoms with Crippen LogP contribution < -0.4 is 4.90 Å². The van der Waals surface area contributed by atoms with Crippen LogP contribution in [0.2, 0.25) is 5.15 Å². The fourth-order valence-electron chi connectivity index (χ4n) is 2.54. The minimum atomic E-state index is 0. The smallest absolute Gasteiger partial charge is 0.151 e. The number of halogens is 3. The standard InChI is InChI=1S/C17H19ClN4.2ClH/c18-16-8-9-17(20-19-16)22-13-11-21(12-14-22)10-4-7-15-5-2-1-3-6-15;;/h1-9H,10-14H2;2*1H. The van der Waals surface area contributed by atoms with Crippen molar-refractivity contribution in [3.05, 3.63) is 59.3 Å². The zero-order chi connectivity index (χ0) is 15.2. The van der Waals surface area contributed by atoms with Gasteiger partial charge in [0.05, 0.1) is 0 Å². The normalized spacial score (nSPS) is 15.0. The molecule has 0 radical (unpaired) electrons. The quantitative estimate of drug-likeness (QED) is 0.798. The van der Waals surface area contributed by atoms with Gasteiger partial charge in [0.15, 0.2) is 11.0 Å². The molecule has 0 bridgehead atoms. The number of hydrogen-bond donors (Lipinski definition) is 0. The Bertz CT molecular complexity index is 611. The van der Waals surface area contributed by atoms with Crippen LogP contribution in [-0.2, 0) is 0 Å². The predicted octanol–water partition coefficient (Wildman–Crippen LogP) is 3.81. The van der Waals surface area contributed by atoms with Crippen molar-refractivity contribution < 1.29 is 0 Å². The van der Waals surface area contributed by atoms with E-state index in [9.17, 15) is 0 Å². The maximum atomic E-state index is 5.77. The molecule has 1 aromatic heterocycles. The second kappa shape index (κ2) is 10.5. The zero-order valence-corrected chi connectivity index (χ0v) is 15.6. The minimum Gasteiger partial charge on any atom is -0.353 e. The molecule has 1 aliphatic heterocycles. The van der Waals surface area contributed by atoms with Gasteiger partial charge in [-0.1, -0.05) is 54.1 Å². The van der Waals surface area contributed by atoms with Gasteiger partial charge >= 0.3 is 0 Å². The highest BCUT2D eigenvalue weighted by Crippen LogP contribution is 2.14. The van der Waals surface area contributed by atoms with Crippen molar-refractivity contribution >= 4 is 48.3 Å². The van der Waals surface area contributed by atoms with Crippen LogP contribution in [0.4, 0.5) is 5.82 Å². The van der Waals surface area contributed by atoms with Crippen LogP contribution in [0, 0.1) is 0 Å². The van der Waals surface area contributed by atoms with Crippen molar-refractivity contribution in [2.45, 2.75) is 0 Å². The van der Waals surface area contributed by atoms with Gasteiger partial charge in [-0.3, -0.25) is 4.90 Å². The summed E-state index contributed by atoms with van der Waals surface area (Å²) in [5.74, 6) is 0.906. The lowest BCUT2D eigenvalue weighted by Crippen LogP contribution is -2.46. The number of rotatable bonds is 4. The molecule has 0 atom stereocenters. The molecule has 4 nitrogen and oxygen atoms in total. The van der Waals surface area contributed by atoms with Gasteiger partial charge in [-0.05, 0) is 17.7 Å². The van der Waals surface area contributed by atoms with Gasteiger partial charge in [0.1, 0.15) is 0 Å². The molecule has 0 unspecified atom stereocenters. The number of aromatic nitrogens is 2. The van der Waals surface area contributed by atoms with Crippen LogP contribution >= 0.6 is 36.4 Å². The molecular weight excluding hydrogens is 367 g/mol. The van der Waals surface area contributed by atoms with Crippen molar-refractivity contribution in [2.24, 2.45) is 0 Å². The summed E-state index contributed by atoms with van der Waals surface area (Å²) in [6.45, 7) is 4.98. The van der Waals surface area contributed by atoms with Crippen molar-refractivity contribution in [3.63, 3.8) is 0 Å². The average Bonchev–Trinajstić information content (AvgIpc) is 2.57. The molecule has 1 aromatic carbocycles. The van der Waals surface area contributed by atoms with E-state index in [1.165, 1.54) is 5.56 Å². The Hall–Kier alpha value is -1.33. The van der Waals surface area contributed by atoms with E-state index in [0.717, 1.165) is 38.5 Å². The van der Waals surface area contributed by atoms with Crippen LogP contribution in [0.25, 0.3) is 6.08 Å². The summed E-state index contributed by atoms with van der Waals surface area (Å²) in [4.78, 5) is 4.69. The highest BCUT2D eigenvalue weighted by molar-refractivity contribution is 6.29. The molecular formula is C17H21Cl3N4. The Kier molecular flexibility index (Phi) is 9.08. The Balaban J connectivity index is 0.00000144. The van der Waals surface area contributed by atoms with E-state index in [4.69, 9.17) is 11.6 Å². The molecule has 3 rings (SSSR count). The summed E-state index contributed by atoms with van der Waals surface area (Å²) in [6, 6.07) is 14.1. The molecule has 0 spiro atoms. The van der Waals surface area contributed by atoms with E-state index < -0.39 is 0 Å². The Morgan fingerprint density at radius 3 is 2.25 bits per heavy atom. The third-order valence-electron chi connectivity index (χ3n) is 3.79. The van der Waals surface area contributed by atoms with Gasteiger partial charge < -0.3 is 4.90 Å². The van der Waals surface area contributed by atoms with Crippen LogP contribution in [0.5, 0.6) is 0 Å². The number of benzene rings is 1. The van der Waals surface area contributed by atoms with E-state index in [-0.39, 0.29) is 24.8 Å². The van der Waals surface area contributed by atoms with Crippen LogP contribution in [0.15, 0.2) is 48.5 Å².